The van der Waals surface area contributed by atoms with Crippen LogP contribution in [-0.2, 0) is 5.41 Å². The van der Waals surface area contributed by atoms with Gasteiger partial charge in [0.15, 0.2) is 5.75 Å². The van der Waals surface area contributed by atoms with E-state index in [-0.39, 0.29) is 6.01 Å². The zero-order chi connectivity index (χ0) is 20.1. The second-order valence-corrected chi connectivity index (χ2v) is 7.63. The number of benzene rings is 2. The number of nitrogens with zero attached hydrogens (tertiary/aromatic N) is 3. The Morgan fingerprint density at radius 1 is 1.00 bits per heavy atom. The van der Waals surface area contributed by atoms with E-state index in [0.29, 0.717) is 22.4 Å². The summed E-state index contributed by atoms with van der Waals surface area (Å²) < 4.78 is 11.6. The normalized spacial score (nSPS) is 11.3. The first-order chi connectivity index (χ1) is 13.4. The highest BCUT2D eigenvalue weighted by Crippen LogP contribution is 2.44. The Balaban J connectivity index is 2.00. The molecule has 0 unspecified atom stereocenters. The maximum Gasteiger partial charge on any atom is 0.324 e. The second kappa shape index (κ2) is 8.76. The minimum atomic E-state index is -0.444. The topological polar surface area (TPSA) is 57.1 Å². The molecule has 3 rings (SSSR count). The highest BCUT2D eigenvalue weighted by atomic mass is 35.5. The molecule has 0 amide bonds. The molecule has 0 saturated carbocycles. The van der Waals surface area contributed by atoms with E-state index < -0.39 is 5.41 Å². The largest absolute Gasteiger partial charge is 0.494 e. The first-order valence-corrected chi connectivity index (χ1v) is 9.70. The van der Waals surface area contributed by atoms with Crippen molar-refractivity contribution < 1.29 is 9.47 Å². The predicted molar refractivity (Wildman–Crippen MR) is 111 cm³/mol. The van der Waals surface area contributed by atoms with Crippen molar-refractivity contribution in [1.82, 2.24) is 15.0 Å². The Bertz CT molecular complexity index is 932. The van der Waals surface area contributed by atoms with Gasteiger partial charge in [-0.05, 0) is 36.2 Å². The van der Waals surface area contributed by atoms with Gasteiger partial charge in [0.25, 0.3) is 0 Å². The molecule has 2 aromatic carbocycles. The van der Waals surface area contributed by atoms with E-state index in [2.05, 4.69) is 35.7 Å². The van der Waals surface area contributed by atoms with Crippen LogP contribution in [0.2, 0.25) is 10.0 Å². The van der Waals surface area contributed by atoms with Gasteiger partial charge < -0.3 is 9.47 Å². The molecule has 3 aromatic rings. The summed E-state index contributed by atoms with van der Waals surface area (Å²) in [6.07, 6.45) is 3.70. The number of aromatic nitrogens is 3. The van der Waals surface area contributed by atoms with E-state index in [1.54, 1.807) is 6.07 Å². The number of hydrogen-bond acceptors (Lipinski definition) is 5. The molecule has 1 heterocycles. The summed E-state index contributed by atoms with van der Waals surface area (Å²) in [5.41, 5.74) is 1.45. The highest BCUT2D eigenvalue weighted by molar-refractivity contribution is 6.35. The van der Waals surface area contributed by atoms with Crippen molar-refractivity contribution in [3.05, 3.63) is 70.2 Å². The van der Waals surface area contributed by atoms with Crippen LogP contribution >= 0.6 is 23.2 Å². The predicted octanol–water partition coefficient (Wildman–Crippen LogP) is 6.09. The van der Waals surface area contributed by atoms with Crippen molar-refractivity contribution in [3.63, 3.8) is 0 Å². The third-order valence-corrected chi connectivity index (χ3v) is 4.89. The monoisotopic (exact) mass is 417 g/mol. The molecule has 0 aliphatic rings. The standard InChI is InChI=1S/C21H21Cl2N3O2/c1-4-9-27-16-7-5-14(6-8-16)21(2,3)17-10-15(22)11-18(23)19(17)28-20-25-12-24-13-26-20/h5-8,10-13H,4,9H2,1-3H3. The van der Waals surface area contributed by atoms with Crippen molar-refractivity contribution in [2.24, 2.45) is 0 Å². The Hall–Kier alpha value is -2.37. The van der Waals surface area contributed by atoms with Crippen molar-refractivity contribution in [3.8, 4) is 17.5 Å². The molecule has 0 fully saturated rings. The zero-order valence-electron chi connectivity index (χ0n) is 15.9. The summed E-state index contributed by atoms with van der Waals surface area (Å²) in [6, 6.07) is 11.7. The molecule has 0 aliphatic carbocycles. The van der Waals surface area contributed by atoms with Crippen molar-refractivity contribution in [2.75, 3.05) is 6.61 Å². The fourth-order valence-corrected chi connectivity index (χ4v) is 3.38. The lowest BCUT2D eigenvalue weighted by atomic mass is 9.77. The Morgan fingerprint density at radius 2 is 1.68 bits per heavy atom. The van der Waals surface area contributed by atoms with Gasteiger partial charge >= 0.3 is 6.01 Å². The zero-order valence-corrected chi connectivity index (χ0v) is 17.5. The molecule has 5 nitrogen and oxygen atoms in total. The molecular weight excluding hydrogens is 397 g/mol. The molecule has 0 radical (unpaired) electrons. The minimum Gasteiger partial charge on any atom is -0.494 e. The van der Waals surface area contributed by atoms with Gasteiger partial charge in [0, 0.05) is 16.0 Å². The summed E-state index contributed by atoms with van der Waals surface area (Å²) in [5, 5.41) is 0.915. The van der Waals surface area contributed by atoms with Crippen LogP contribution in [-0.4, -0.2) is 21.6 Å². The first kappa shape index (κ1) is 20.4. The van der Waals surface area contributed by atoms with Crippen LogP contribution in [0.3, 0.4) is 0 Å². The molecule has 146 valence electrons. The summed E-state index contributed by atoms with van der Waals surface area (Å²) in [6.45, 7) is 6.93. The van der Waals surface area contributed by atoms with Crippen LogP contribution in [0.25, 0.3) is 0 Å². The molecule has 28 heavy (non-hydrogen) atoms. The number of ether oxygens (including phenoxy) is 2. The number of rotatable bonds is 7. The van der Waals surface area contributed by atoms with Crippen molar-refractivity contribution in [1.29, 1.82) is 0 Å². The molecule has 0 atom stereocenters. The van der Waals surface area contributed by atoms with Gasteiger partial charge in [0.2, 0.25) is 0 Å². The SMILES string of the molecule is CCCOc1ccc(C(C)(C)c2cc(Cl)cc(Cl)c2Oc2ncncn2)cc1. The van der Waals surface area contributed by atoms with Gasteiger partial charge in [0.1, 0.15) is 18.4 Å². The van der Waals surface area contributed by atoms with Crippen molar-refractivity contribution in [2.45, 2.75) is 32.6 Å². The van der Waals surface area contributed by atoms with Gasteiger partial charge in [-0.2, -0.15) is 9.97 Å². The van der Waals surface area contributed by atoms with E-state index in [1.165, 1.54) is 12.7 Å². The third-order valence-electron chi connectivity index (χ3n) is 4.39. The summed E-state index contributed by atoms with van der Waals surface area (Å²) >= 11 is 12.8. The van der Waals surface area contributed by atoms with E-state index >= 15 is 0 Å². The lowest BCUT2D eigenvalue weighted by Crippen LogP contribution is -2.20. The van der Waals surface area contributed by atoms with E-state index in [4.69, 9.17) is 32.7 Å². The Labute approximate surface area is 174 Å². The van der Waals surface area contributed by atoms with Gasteiger partial charge in [-0.25, -0.2) is 4.98 Å². The Kier molecular flexibility index (Phi) is 6.37. The lowest BCUT2D eigenvalue weighted by Gasteiger charge is -2.29. The molecule has 0 saturated heterocycles. The van der Waals surface area contributed by atoms with Crippen LogP contribution < -0.4 is 9.47 Å². The van der Waals surface area contributed by atoms with Crippen molar-refractivity contribution >= 4 is 23.2 Å². The molecule has 0 bridgehead atoms. The van der Waals surface area contributed by atoms with Crippen LogP contribution in [0, 0.1) is 0 Å². The second-order valence-electron chi connectivity index (χ2n) is 6.78. The fraction of sp³-hybridized carbons (Fsp3) is 0.286. The minimum absolute atomic E-state index is 0.166. The molecule has 0 aliphatic heterocycles. The molecule has 1 aromatic heterocycles. The van der Waals surface area contributed by atoms with Crippen LogP contribution in [0.4, 0.5) is 0 Å². The summed E-state index contributed by atoms with van der Waals surface area (Å²) in [7, 11) is 0. The maximum absolute atomic E-state index is 6.46. The van der Waals surface area contributed by atoms with E-state index in [0.717, 1.165) is 23.3 Å². The van der Waals surface area contributed by atoms with Crippen LogP contribution in [0.1, 0.15) is 38.3 Å². The maximum atomic E-state index is 6.46. The fourth-order valence-electron chi connectivity index (χ4n) is 2.84. The summed E-state index contributed by atoms with van der Waals surface area (Å²) in [5.74, 6) is 1.31. The summed E-state index contributed by atoms with van der Waals surface area (Å²) in [4.78, 5) is 11.8. The smallest absolute Gasteiger partial charge is 0.324 e. The molecule has 0 spiro atoms. The molecule has 7 heteroatoms. The van der Waals surface area contributed by atoms with Crippen LogP contribution in [0.5, 0.6) is 17.5 Å². The number of hydrogen-bond donors (Lipinski definition) is 0. The van der Waals surface area contributed by atoms with Gasteiger partial charge in [0.05, 0.1) is 11.6 Å². The van der Waals surface area contributed by atoms with Crippen LogP contribution in [0.15, 0.2) is 49.1 Å². The van der Waals surface area contributed by atoms with Gasteiger partial charge in [-0.15, -0.1) is 0 Å². The van der Waals surface area contributed by atoms with E-state index in [9.17, 15) is 0 Å². The lowest BCUT2D eigenvalue weighted by molar-refractivity contribution is 0.317. The van der Waals surface area contributed by atoms with Gasteiger partial charge in [-0.3, -0.25) is 0 Å². The number of halogens is 2. The average molecular weight is 418 g/mol. The van der Waals surface area contributed by atoms with Gasteiger partial charge in [-0.1, -0.05) is 56.1 Å². The molecule has 0 N–H and O–H groups in total. The van der Waals surface area contributed by atoms with E-state index in [1.807, 2.05) is 30.3 Å². The first-order valence-electron chi connectivity index (χ1n) is 8.94. The average Bonchev–Trinajstić information content (AvgIpc) is 2.69. The third kappa shape index (κ3) is 4.54. The highest BCUT2D eigenvalue weighted by Gasteiger charge is 2.29. The molecular formula is C21H21Cl2N3O2. The Morgan fingerprint density at radius 3 is 2.32 bits per heavy atom. The quantitative estimate of drug-likeness (QED) is 0.465.